The number of benzene rings is 3. The molecule has 2 nitrogen and oxygen atoms in total. The largest absolute Gasteiger partial charge is 0.460 e. The second-order valence-electron chi connectivity index (χ2n) is 12.7. The van der Waals surface area contributed by atoms with Gasteiger partial charge < -0.3 is 4.74 Å². The molecule has 21 heteroatoms. The van der Waals surface area contributed by atoms with Crippen LogP contribution >= 0.6 is 18.6 Å². The van der Waals surface area contributed by atoms with Crippen molar-refractivity contribution in [3.63, 3.8) is 0 Å². The fraction of sp³-hybridized carbons (Fsp3) is 0.412. The predicted octanol–water partition coefficient (Wildman–Crippen LogP) is 10.6. The van der Waals surface area contributed by atoms with Gasteiger partial charge in [-0.15, -0.1) is 11.8 Å². The first-order valence-electron chi connectivity index (χ1n) is 15.3. The van der Waals surface area contributed by atoms with Crippen LogP contribution in [-0.2, 0) is 9.53 Å². The van der Waals surface area contributed by atoms with Crippen LogP contribution < -0.4 is 15.9 Å². The second-order valence-corrected chi connectivity index (χ2v) is 17.5. The van der Waals surface area contributed by atoms with Gasteiger partial charge in [-0.1, -0.05) is 91.0 Å². The quantitative estimate of drug-likeness (QED) is 0.0918. The highest BCUT2D eigenvalue weighted by Crippen LogP contribution is 2.64. The number of hydrogen-bond acceptors (Lipinski definition) is 3. The maximum Gasteiger partial charge on any atom is 0.460 e. The first kappa shape index (κ1) is 46.0. The lowest BCUT2D eigenvalue weighted by Gasteiger charge is -2.42. The minimum atomic E-state index is -8.72. The van der Waals surface area contributed by atoms with E-state index in [1.54, 1.807) is 18.2 Å². The Morgan fingerprint density at radius 2 is 0.818 bits per heavy atom. The molecule has 0 saturated carbocycles. The third-order valence-corrected chi connectivity index (χ3v) is 13.8. The van der Waals surface area contributed by atoms with Crippen molar-refractivity contribution in [3.8, 4) is 0 Å². The number of carbonyl (C=O) groups excluding carboxylic acids is 1. The normalized spacial score (nSPS) is 14.5. The number of rotatable bonds is 14. The number of esters is 1. The molecule has 55 heavy (non-hydrogen) atoms. The Morgan fingerprint density at radius 1 is 0.509 bits per heavy atom. The van der Waals surface area contributed by atoms with E-state index in [0.717, 1.165) is 0 Å². The highest BCUT2D eigenvalue weighted by molar-refractivity contribution is 8.27. The molecule has 0 fully saturated rings. The zero-order valence-corrected chi connectivity index (χ0v) is 29.9. The fourth-order valence-corrected chi connectivity index (χ4v) is 11.5. The van der Waals surface area contributed by atoms with E-state index in [0.29, 0.717) is 15.9 Å². The van der Waals surface area contributed by atoms with Crippen LogP contribution in [0.1, 0.15) is 27.2 Å². The average Bonchev–Trinajstić information content (AvgIpc) is 3.07. The molecule has 0 heterocycles. The summed E-state index contributed by atoms with van der Waals surface area (Å²) in [5.41, 5.74) is -1.34. The molecule has 0 amide bonds. The maximum absolute atomic E-state index is 15.1. The number of alkyl halides is 17. The van der Waals surface area contributed by atoms with Crippen LogP contribution in [0.2, 0.25) is 0 Å². The monoisotopic (exact) mass is 854 g/mol. The van der Waals surface area contributed by atoms with Crippen LogP contribution in [0.3, 0.4) is 0 Å². The molecule has 3 aromatic carbocycles. The molecule has 0 aromatic heterocycles. The molecule has 0 atom stereocenters. The molecule has 0 saturated heterocycles. The molecule has 0 aliphatic rings. The van der Waals surface area contributed by atoms with Gasteiger partial charge in [0.15, 0.2) is 0 Å². The molecule has 0 N–H and O–H groups in total. The van der Waals surface area contributed by atoms with E-state index in [1.807, 2.05) is 0 Å². The highest BCUT2D eigenvalue weighted by Gasteiger charge is 2.95. The van der Waals surface area contributed by atoms with Crippen LogP contribution in [0.5, 0.6) is 0 Å². The van der Waals surface area contributed by atoms with Crippen molar-refractivity contribution in [2.75, 3.05) is 5.75 Å². The van der Waals surface area contributed by atoms with Gasteiger partial charge in [-0.25, -0.2) is 4.79 Å². The molecule has 0 unspecified atom stereocenters. The van der Waals surface area contributed by atoms with Gasteiger partial charge in [0, 0.05) is 12.2 Å². The number of halogens is 17. The number of ether oxygens (including phenoxy) is 1. The van der Waals surface area contributed by atoms with Gasteiger partial charge in [0.1, 0.15) is 10.2 Å². The standard InChI is InChI=1S/C34H28F17O2PS/c1-26(2,3)53-24(52)25(54(21-13-7-4-8-14-21,22-15-9-5-10-16-22)23-17-11-6-12-18-23)55-20-19-27(35,36)28(37,38)29(39,40)30(41,42)31(43,44)32(45,46)33(47,48)34(49,50)51/h4-18H,19-20H2,1-3H3. The maximum atomic E-state index is 15.1. The van der Waals surface area contributed by atoms with Crippen LogP contribution in [0.15, 0.2) is 91.0 Å². The van der Waals surface area contributed by atoms with Crippen molar-refractivity contribution in [1.29, 1.82) is 0 Å². The first-order chi connectivity index (χ1) is 24.8. The van der Waals surface area contributed by atoms with Crippen molar-refractivity contribution in [1.82, 2.24) is 0 Å². The molecule has 3 rings (SSSR count). The van der Waals surface area contributed by atoms with Crippen LogP contribution in [0.4, 0.5) is 74.6 Å². The Balaban J connectivity index is 2.24. The van der Waals surface area contributed by atoms with Crippen molar-refractivity contribution in [2.45, 2.75) is 80.4 Å². The van der Waals surface area contributed by atoms with Gasteiger partial charge in [-0.2, -0.15) is 74.6 Å². The summed E-state index contributed by atoms with van der Waals surface area (Å²) in [7, 11) is 0. The van der Waals surface area contributed by atoms with Crippen molar-refractivity contribution >= 4 is 45.2 Å². The van der Waals surface area contributed by atoms with E-state index in [2.05, 4.69) is 0 Å². The summed E-state index contributed by atoms with van der Waals surface area (Å²) in [6.07, 6.45) is -10.6. The fourth-order valence-electron chi connectivity index (χ4n) is 5.00. The Bertz CT molecular complexity index is 1740. The van der Waals surface area contributed by atoms with Gasteiger partial charge in [-0.3, -0.25) is 0 Å². The highest BCUT2D eigenvalue weighted by atomic mass is 32.2. The lowest BCUT2D eigenvalue weighted by atomic mass is 9.88. The first-order valence-corrected chi connectivity index (χ1v) is 18.1. The Kier molecular flexibility index (Phi) is 12.7. The topological polar surface area (TPSA) is 26.3 Å². The van der Waals surface area contributed by atoms with Crippen LogP contribution in [0, 0.1) is 0 Å². The molecule has 0 aliphatic carbocycles. The summed E-state index contributed by atoms with van der Waals surface area (Å²) in [5, 5.41) is 0.925. The van der Waals surface area contributed by atoms with Crippen LogP contribution in [-0.4, -0.2) is 69.6 Å². The smallest absolute Gasteiger partial charge is 0.456 e. The van der Waals surface area contributed by atoms with Gasteiger partial charge in [0.25, 0.3) is 0 Å². The number of thioether (sulfide) groups is 1. The number of hydrogen-bond donors (Lipinski definition) is 0. The van der Waals surface area contributed by atoms with Gasteiger partial charge in [0.05, 0.1) is 0 Å². The molecule has 306 valence electrons. The number of carbonyl (C=O) groups is 1. The van der Waals surface area contributed by atoms with E-state index < -0.39 is 82.9 Å². The van der Waals surface area contributed by atoms with E-state index >= 15 is 8.78 Å². The van der Waals surface area contributed by atoms with Crippen LogP contribution in [0.25, 0.3) is 0 Å². The zero-order valence-electron chi connectivity index (χ0n) is 28.2. The third-order valence-electron chi connectivity index (χ3n) is 7.75. The van der Waals surface area contributed by atoms with E-state index in [4.69, 9.17) is 4.74 Å². The molecular formula is C34H28F17O2PS. The lowest BCUT2D eigenvalue weighted by molar-refractivity contribution is -0.461. The summed E-state index contributed by atoms with van der Waals surface area (Å²) >= 11 is -0.00775. The van der Waals surface area contributed by atoms with E-state index in [1.165, 1.54) is 93.6 Å². The Morgan fingerprint density at radius 3 is 1.13 bits per heavy atom. The second kappa shape index (κ2) is 15.2. The molecule has 0 bridgehead atoms. The molecule has 3 aromatic rings. The summed E-state index contributed by atoms with van der Waals surface area (Å²) in [6, 6.07) is 22.7. The average molecular weight is 855 g/mol. The summed E-state index contributed by atoms with van der Waals surface area (Å²) in [4.78, 5) is 14.0. The minimum Gasteiger partial charge on any atom is -0.456 e. The van der Waals surface area contributed by atoms with Gasteiger partial charge in [-0.05, 0) is 43.6 Å². The molecule has 0 aliphatic heterocycles. The zero-order chi connectivity index (χ0) is 42.3. The third kappa shape index (κ3) is 7.82. The van der Waals surface area contributed by atoms with Crippen molar-refractivity contribution in [2.24, 2.45) is 0 Å². The molecule has 0 radical (unpaired) electrons. The van der Waals surface area contributed by atoms with Crippen molar-refractivity contribution < 1.29 is 84.2 Å². The minimum absolute atomic E-state index is 0.00775. The SMILES string of the molecule is CC(C)(C)OC(=O)C(SCCC(F)(F)C(F)(F)C(F)(F)C(F)(F)C(F)(F)C(F)(F)C(F)(F)C(F)(F)F)=P(c1ccccc1)(c1ccccc1)c1ccccc1. The molecule has 0 spiro atoms. The predicted molar refractivity (Wildman–Crippen MR) is 174 cm³/mol. The van der Waals surface area contributed by atoms with E-state index in [9.17, 15) is 70.7 Å². The Labute approximate surface area is 306 Å². The lowest BCUT2D eigenvalue weighted by Crippen LogP contribution is -2.74. The van der Waals surface area contributed by atoms with E-state index in [-0.39, 0.29) is 11.8 Å². The van der Waals surface area contributed by atoms with Gasteiger partial charge >= 0.3 is 53.6 Å². The summed E-state index contributed by atoms with van der Waals surface area (Å²) in [5.74, 6) is -60.0. The summed E-state index contributed by atoms with van der Waals surface area (Å²) in [6.45, 7) is 0.431. The van der Waals surface area contributed by atoms with Gasteiger partial charge in [0.2, 0.25) is 0 Å². The van der Waals surface area contributed by atoms with Crippen molar-refractivity contribution in [3.05, 3.63) is 91.0 Å². The summed E-state index contributed by atoms with van der Waals surface area (Å²) < 4.78 is 242. The Hall–Kier alpha value is -3.41. The molecular weight excluding hydrogens is 826 g/mol.